The monoisotopic (exact) mass is 366 g/mol. The minimum Gasteiger partial charge on any atom is -0.437 e. The topological polar surface area (TPSA) is 29.9 Å². The zero-order valence-corrected chi connectivity index (χ0v) is 15.2. The second-order valence-electron chi connectivity index (χ2n) is 6.97. The summed E-state index contributed by atoms with van der Waals surface area (Å²) >= 11 is 0. The number of hydrogen-bond donors (Lipinski definition) is 0. The second-order valence-corrected chi connectivity index (χ2v) is 6.97. The number of fused-ring (bicyclic) bond motifs is 7. The molecule has 3 nitrogen and oxygen atoms in total. The average molecular weight is 367 g/mol. The van der Waals surface area contributed by atoms with E-state index in [1.54, 1.807) is 17.6 Å². The van der Waals surface area contributed by atoms with Gasteiger partial charge in [0.25, 0.3) is 0 Å². The average Bonchev–Trinajstić information content (AvgIpc) is 3.32. The van der Waals surface area contributed by atoms with Crippen LogP contribution in [-0.2, 0) is 19.3 Å². The summed E-state index contributed by atoms with van der Waals surface area (Å²) in [4.78, 5) is 4.60. The molecule has 0 unspecified atom stereocenters. The first-order valence-corrected chi connectivity index (χ1v) is 9.01. The van der Waals surface area contributed by atoms with Crippen LogP contribution in [0.4, 0.5) is 0 Å². The SMILES string of the molecule is [2H]C([2H])([2H])C([2H])(C([2H])([2H])[2H])C([2H])([2H])c1c[n+]2c(cc1C)-c1c(ccc3c1oc1nc(CC)ccc13)C2. The standard InChI is InChI=1S/C24H25N2O/c1-5-18-7-9-20-19-8-6-16-12-26-13-17(10-14(2)3)15(4)11-21(26)22(16)23(19)27-24(20)25-18/h6-9,11,13-14H,5,10,12H2,1-4H3/q+1/i2D3,3D3,10D2,14D. The van der Waals surface area contributed by atoms with Crippen LogP contribution in [0.2, 0.25) is 0 Å². The fourth-order valence-electron chi connectivity index (χ4n) is 3.90. The first-order chi connectivity index (χ1) is 16.6. The highest BCUT2D eigenvalue weighted by Gasteiger charge is 2.31. The molecule has 4 aromatic rings. The molecule has 0 saturated heterocycles. The molecule has 0 fully saturated rings. The maximum atomic E-state index is 8.66. The van der Waals surface area contributed by atoms with E-state index in [0.29, 0.717) is 23.4 Å². The van der Waals surface area contributed by atoms with Crippen LogP contribution in [0.15, 0.2) is 40.9 Å². The molecule has 0 N–H and O–H groups in total. The fraction of sp³-hybridized carbons (Fsp3) is 0.333. The molecule has 3 aromatic heterocycles. The van der Waals surface area contributed by atoms with Crippen LogP contribution >= 0.6 is 0 Å². The summed E-state index contributed by atoms with van der Waals surface area (Å²) in [6.45, 7) is -2.82. The Balaban J connectivity index is 1.71. The van der Waals surface area contributed by atoms with Gasteiger partial charge in [0.05, 0.1) is 5.56 Å². The third-order valence-electron chi connectivity index (χ3n) is 5.24. The normalized spacial score (nSPS) is 19.7. The molecular formula is C24H25N2O+. The summed E-state index contributed by atoms with van der Waals surface area (Å²) < 4.78 is 80.3. The zero-order valence-electron chi connectivity index (χ0n) is 24.2. The van der Waals surface area contributed by atoms with Gasteiger partial charge in [-0.3, -0.25) is 0 Å². The van der Waals surface area contributed by atoms with Gasteiger partial charge in [-0.1, -0.05) is 26.7 Å². The molecule has 0 bridgehead atoms. The predicted octanol–water partition coefficient (Wildman–Crippen LogP) is 5.37. The van der Waals surface area contributed by atoms with E-state index in [0.717, 1.165) is 39.7 Å². The predicted molar refractivity (Wildman–Crippen MR) is 109 cm³/mol. The highest BCUT2D eigenvalue weighted by molar-refractivity contribution is 6.09. The lowest BCUT2D eigenvalue weighted by Crippen LogP contribution is -2.33. The molecule has 4 heterocycles. The minimum absolute atomic E-state index is 0.142. The molecule has 0 aliphatic carbocycles. The summed E-state index contributed by atoms with van der Waals surface area (Å²) in [5, 5.41) is 1.79. The Morgan fingerprint density at radius 3 is 2.96 bits per heavy atom. The van der Waals surface area contributed by atoms with Gasteiger partial charge in [0.15, 0.2) is 18.3 Å². The van der Waals surface area contributed by atoms with Crippen LogP contribution in [0.5, 0.6) is 0 Å². The molecule has 3 heteroatoms. The number of aryl methyl sites for hydroxylation is 2. The maximum Gasteiger partial charge on any atom is 0.227 e. The van der Waals surface area contributed by atoms with Crippen LogP contribution in [0.25, 0.3) is 33.3 Å². The summed E-state index contributed by atoms with van der Waals surface area (Å²) in [6.07, 6.45) is -0.787. The van der Waals surface area contributed by atoms with Gasteiger partial charge in [0.1, 0.15) is 0 Å². The van der Waals surface area contributed by atoms with Crippen molar-refractivity contribution in [3.8, 4) is 11.3 Å². The van der Waals surface area contributed by atoms with Gasteiger partial charge in [-0.2, -0.15) is 4.57 Å². The van der Waals surface area contributed by atoms with Gasteiger partial charge in [-0.05, 0) is 49.4 Å². The minimum atomic E-state index is -3.40. The lowest BCUT2D eigenvalue weighted by atomic mass is 9.98. The third-order valence-corrected chi connectivity index (χ3v) is 5.24. The molecule has 0 spiro atoms. The van der Waals surface area contributed by atoms with E-state index in [9.17, 15) is 0 Å². The van der Waals surface area contributed by atoms with Gasteiger partial charge >= 0.3 is 0 Å². The van der Waals surface area contributed by atoms with Gasteiger partial charge in [-0.15, -0.1) is 0 Å². The fourth-order valence-corrected chi connectivity index (χ4v) is 3.90. The molecule has 0 saturated carbocycles. The zero-order chi connectivity index (χ0) is 26.4. The molecule has 0 atom stereocenters. The van der Waals surface area contributed by atoms with Crippen molar-refractivity contribution in [3.63, 3.8) is 0 Å². The van der Waals surface area contributed by atoms with Crippen molar-refractivity contribution in [2.75, 3.05) is 0 Å². The van der Waals surface area contributed by atoms with Crippen LogP contribution in [-0.4, -0.2) is 4.98 Å². The molecule has 1 aliphatic heterocycles. The Labute approximate surface area is 172 Å². The molecule has 27 heavy (non-hydrogen) atoms. The number of aromatic nitrogens is 2. The smallest absolute Gasteiger partial charge is 0.227 e. The van der Waals surface area contributed by atoms with Crippen LogP contribution in [0, 0.1) is 12.8 Å². The van der Waals surface area contributed by atoms with E-state index in [2.05, 4.69) is 4.98 Å². The third kappa shape index (κ3) is 2.48. The largest absolute Gasteiger partial charge is 0.437 e. The Morgan fingerprint density at radius 2 is 2.15 bits per heavy atom. The van der Waals surface area contributed by atoms with Crippen LogP contribution < -0.4 is 4.57 Å². The van der Waals surface area contributed by atoms with E-state index < -0.39 is 26.0 Å². The summed E-state index contributed by atoms with van der Waals surface area (Å²) in [7, 11) is 0. The Bertz CT molecular complexity index is 1520. The van der Waals surface area contributed by atoms with E-state index in [-0.39, 0.29) is 5.56 Å². The molecular weight excluding hydrogens is 332 g/mol. The molecule has 136 valence electrons. The molecule has 0 amide bonds. The van der Waals surface area contributed by atoms with Crippen molar-refractivity contribution >= 4 is 22.1 Å². The summed E-state index contributed by atoms with van der Waals surface area (Å²) in [5.74, 6) is -3.37. The summed E-state index contributed by atoms with van der Waals surface area (Å²) in [5.41, 5.74) is 4.82. The lowest BCUT2D eigenvalue weighted by Gasteiger charge is -2.07. The summed E-state index contributed by atoms with van der Waals surface area (Å²) in [6, 6.07) is 9.59. The van der Waals surface area contributed by atoms with E-state index in [1.165, 1.54) is 6.20 Å². The molecule has 5 rings (SSSR count). The maximum absolute atomic E-state index is 8.66. The van der Waals surface area contributed by atoms with E-state index in [4.69, 9.17) is 16.8 Å². The molecule has 0 radical (unpaired) electrons. The first-order valence-electron chi connectivity index (χ1n) is 13.5. The van der Waals surface area contributed by atoms with Gasteiger partial charge in [0.2, 0.25) is 11.4 Å². The Hall–Kier alpha value is -2.68. The number of hydrogen-bond acceptors (Lipinski definition) is 2. The van der Waals surface area contributed by atoms with Gasteiger partial charge < -0.3 is 4.42 Å². The number of rotatable bonds is 3. The second kappa shape index (κ2) is 5.91. The number of nitrogens with zero attached hydrogens (tertiary/aromatic N) is 2. The van der Waals surface area contributed by atoms with Crippen molar-refractivity contribution in [1.82, 2.24) is 4.98 Å². The number of pyridine rings is 2. The van der Waals surface area contributed by atoms with Gasteiger partial charge in [0, 0.05) is 46.0 Å². The quantitative estimate of drug-likeness (QED) is 0.402. The van der Waals surface area contributed by atoms with E-state index in [1.807, 2.05) is 31.2 Å². The van der Waals surface area contributed by atoms with Crippen molar-refractivity contribution in [2.45, 2.75) is 46.9 Å². The van der Waals surface area contributed by atoms with Gasteiger partial charge in [-0.25, -0.2) is 4.98 Å². The van der Waals surface area contributed by atoms with Crippen molar-refractivity contribution < 1.29 is 21.3 Å². The number of furan rings is 1. The van der Waals surface area contributed by atoms with Crippen molar-refractivity contribution in [3.05, 3.63) is 58.9 Å². The first kappa shape index (κ1) is 9.50. The van der Waals surface area contributed by atoms with Crippen molar-refractivity contribution in [2.24, 2.45) is 5.89 Å². The van der Waals surface area contributed by atoms with Crippen molar-refractivity contribution in [1.29, 1.82) is 0 Å². The van der Waals surface area contributed by atoms with E-state index >= 15 is 0 Å². The Kier molecular flexibility index (Phi) is 2.08. The molecule has 1 aromatic carbocycles. The molecule has 1 aliphatic rings. The number of benzene rings is 1. The highest BCUT2D eigenvalue weighted by atomic mass is 16.3. The van der Waals surface area contributed by atoms with Crippen LogP contribution in [0.1, 0.15) is 55.3 Å². The lowest BCUT2D eigenvalue weighted by molar-refractivity contribution is -0.672. The van der Waals surface area contributed by atoms with Crippen LogP contribution in [0.3, 0.4) is 0 Å². The Morgan fingerprint density at radius 1 is 1.30 bits per heavy atom. The highest BCUT2D eigenvalue weighted by Crippen LogP contribution is 2.39.